The third-order valence-corrected chi connectivity index (χ3v) is 6.02. The van der Waals surface area contributed by atoms with Crippen LogP contribution in [0.2, 0.25) is 10.0 Å². The number of halogens is 2. The molecule has 0 aliphatic heterocycles. The van der Waals surface area contributed by atoms with Crippen molar-refractivity contribution in [1.29, 1.82) is 0 Å². The van der Waals surface area contributed by atoms with Crippen LogP contribution < -0.4 is 9.92 Å². The lowest BCUT2D eigenvalue weighted by atomic mass is 10.1. The number of nitrogens with two attached hydrogens (primary N) is 1. The lowest BCUT2D eigenvalue weighted by Crippen LogP contribution is -2.20. The van der Waals surface area contributed by atoms with E-state index in [1.165, 1.54) is 18.2 Å². The quantitative estimate of drug-likeness (QED) is 0.500. The first-order valence-corrected chi connectivity index (χ1v) is 11.5. The summed E-state index contributed by atoms with van der Waals surface area (Å²) >= 11 is 12.0. The molecule has 2 N–H and O–H groups in total. The number of benzene rings is 1. The zero-order chi connectivity index (χ0) is 21.9. The molecular weight excluding hydrogens is 447 g/mol. The van der Waals surface area contributed by atoms with Crippen molar-refractivity contribution in [3.05, 3.63) is 69.9 Å². The molecule has 0 spiro atoms. The Morgan fingerprint density at radius 2 is 1.87 bits per heavy atom. The second-order valence-electron chi connectivity index (χ2n) is 6.96. The van der Waals surface area contributed by atoms with Gasteiger partial charge in [0.15, 0.2) is 5.03 Å². The molecule has 0 atom stereocenters. The van der Waals surface area contributed by atoms with Crippen LogP contribution in [0.4, 0.5) is 0 Å². The van der Waals surface area contributed by atoms with Crippen LogP contribution in [0.25, 0.3) is 0 Å². The minimum atomic E-state index is -4.26. The molecule has 0 aliphatic carbocycles. The lowest BCUT2D eigenvalue weighted by Gasteiger charge is -2.14. The fourth-order valence-corrected chi connectivity index (χ4v) is 4.93. The highest BCUT2D eigenvalue weighted by Gasteiger charge is 2.31. The van der Waals surface area contributed by atoms with E-state index in [4.69, 9.17) is 33.1 Å². The predicted molar refractivity (Wildman–Crippen MR) is 117 cm³/mol. The summed E-state index contributed by atoms with van der Waals surface area (Å²) in [5.41, 5.74) is 6.84. The Morgan fingerprint density at radius 1 is 1.17 bits per heavy atom. The average Bonchev–Trinajstić information content (AvgIpc) is 3.01. The van der Waals surface area contributed by atoms with Crippen LogP contribution in [0.3, 0.4) is 0 Å². The summed E-state index contributed by atoms with van der Waals surface area (Å²) in [7, 11) is -4.26. The summed E-state index contributed by atoms with van der Waals surface area (Å²) in [5, 5.41) is 0.507. The molecule has 2 heterocycles. The Balaban J connectivity index is 2.14. The smallest absolute Gasteiger partial charge is 0.357 e. The van der Waals surface area contributed by atoms with Crippen LogP contribution in [0.15, 0.2) is 47.6 Å². The molecule has 0 fully saturated rings. The van der Waals surface area contributed by atoms with Crippen molar-refractivity contribution in [2.45, 2.75) is 37.8 Å². The Bertz CT molecular complexity index is 1110. The largest absolute Gasteiger partial charge is 0.378 e. The highest BCUT2D eigenvalue weighted by molar-refractivity contribution is 7.87. The van der Waals surface area contributed by atoms with Gasteiger partial charge in [-0.1, -0.05) is 43.1 Å². The molecule has 0 amide bonds. The average molecular weight is 469 g/mol. The van der Waals surface area contributed by atoms with Gasteiger partial charge < -0.3 is 14.5 Å². The molecule has 0 saturated carbocycles. The van der Waals surface area contributed by atoms with Gasteiger partial charge in [-0.15, -0.1) is 0 Å². The summed E-state index contributed by atoms with van der Waals surface area (Å²) in [5.74, 6) is 0.411. The molecule has 10 heteroatoms. The van der Waals surface area contributed by atoms with Crippen molar-refractivity contribution in [2.75, 3.05) is 6.54 Å². The lowest BCUT2D eigenvalue weighted by molar-refractivity contribution is 0.470. The van der Waals surface area contributed by atoms with Gasteiger partial charge in [0.1, 0.15) is 11.6 Å². The number of aromatic nitrogens is 3. The van der Waals surface area contributed by atoms with E-state index in [9.17, 15) is 8.42 Å². The van der Waals surface area contributed by atoms with Gasteiger partial charge in [-0.3, -0.25) is 4.98 Å². The maximum atomic E-state index is 13.4. The van der Waals surface area contributed by atoms with E-state index >= 15 is 0 Å². The summed E-state index contributed by atoms with van der Waals surface area (Å²) in [6, 6.07) is 9.72. The topological polar surface area (TPSA) is 100 Å². The molecule has 0 unspecified atom stereocenters. The Hall–Kier alpha value is -2.13. The van der Waals surface area contributed by atoms with Gasteiger partial charge in [-0.25, -0.2) is 4.98 Å². The van der Waals surface area contributed by atoms with Gasteiger partial charge in [0.05, 0.1) is 17.9 Å². The molecule has 2 aromatic heterocycles. The zero-order valence-corrected chi connectivity index (χ0v) is 18.9. The number of nitrogens with zero attached hydrogens (tertiary/aromatic N) is 3. The standard InChI is InChI=1S/C20H22Cl2N4O3S/c1-13(2)19-20(30(27,28)29-17-10-14(21)9-15(22)11-17)26(18(25-19)6-7-23)12-16-5-3-4-8-24-16/h3-5,8-11,13H,6-7,12,23H2,1-2H3. The van der Waals surface area contributed by atoms with E-state index in [0.717, 1.165) is 0 Å². The number of imidazole rings is 1. The molecule has 0 bridgehead atoms. The van der Waals surface area contributed by atoms with Crippen molar-refractivity contribution in [1.82, 2.24) is 14.5 Å². The third kappa shape index (κ3) is 5.13. The zero-order valence-electron chi connectivity index (χ0n) is 16.5. The van der Waals surface area contributed by atoms with Crippen LogP contribution in [-0.2, 0) is 23.1 Å². The number of rotatable bonds is 8. The van der Waals surface area contributed by atoms with Crippen molar-refractivity contribution in [3.63, 3.8) is 0 Å². The van der Waals surface area contributed by atoms with E-state index in [1.54, 1.807) is 16.8 Å². The minimum Gasteiger partial charge on any atom is -0.378 e. The Kier molecular flexibility index (Phi) is 7.02. The molecular formula is C20H22Cl2N4O3S. The van der Waals surface area contributed by atoms with Crippen molar-refractivity contribution < 1.29 is 12.6 Å². The van der Waals surface area contributed by atoms with Gasteiger partial charge in [-0.05, 0) is 30.7 Å². The first kappa shape index (κ1) is 22.6. The van der Waals surface area contributed by atoms with E-state index in [2.05, 4.69) is 9.97 Å². The van der Waals surface area contributed by atoms with Gasteiger partial charge >= 0.3 is 10.1 Å². The first-order chi connectivity index (χ1) is 14.2. The summed E-state index contributed by atoms with van der Waals surface area (Å²) in [6.45, 7) is 4.27. The molecule has 0 aliphatic rings. The summed E-state index contributed by atoms with van der Waals surface area (Å²) in [4.78, 5) is 8.89. The van der Waals surface area contributed by atoms with Crippen molar-refractivity contribution >= 4 is 33.3 Å². The van der Waals surface area contributed by atoms with Crippen LogP contribution in [0.1, 0.15) is 37.0 Å². The second kappa shape index (κ2) is 9.34. The fourth-order valence-electron chi connectivity index (χ4n) is 3.02. The van der Waals surface area contributed by atoms with Gasteiger partial charge in [0.25, 0.3) is 0 Å². The van der Waals surface area contributed by atoms with Crippen molar-refractivity contribution in [2.24, 2.45) is 5.73 Å². The SMILES string of the molecule is CC(C)c1nc(CCN)n(Cc2ccccn2)c1S(=O)(=O)Oc1cc(Cl)cc(Cl)c1. The third-order valence-electron chi connectivity index (χ3n) is 4.27. The van der Waals surface area contributed by atoms with Crippen LogP contribution >= 0.6 is 23.2 Å². The molecule has 0 saturated heterocycles. The molecule has 7 nitrogen and oxygen atoms in total. The number of hydrogen-bond donors (Lipinski definition) is 1. The highest BCUT2D eigenvalue weighted by Crippen LogP contribution is 2.31. The fraction of sp³-hybridized carbons (Fsp3) is 0.300. The van der Waals surface area contributed by atoms with E-state index in [-0.39, 0.29) is 33.3 Å². The van der Waals surface area contributed by atoms with Crippen LogP contribution in [-0.4, -0.2) is 29.5 Å². The number of hydrogen-bond acceptors (Lipinski definition) is 6. The van der Waals surface area contributed by atoms with Crippen LogP contribution in [0.5, 0.6) is 5.75 Å². The maximum Gasteiger partial charge on any atom is 0.357 e. The van der Waals surface area contributed by atoms with E-state index in [1.807, 2.05) is 26.0 Å². The van der Waals surface area contributed by atoms with Gasteiger partial charge in [0, 0.05) is 34.8 Å². The molecule has 160 valence electrons. The molecule has 3 rings (SSSR count). The Labute approximate surface area is 185 Å². The molecule has 0 radical (unpaired) electrons. The molecule has 30 heavy (non-hydrogen) atoms. The maximum absolute atomic E-state index is 13.4. The predicted octanol–water partition coefficient (Wildman–Crippen LogP) is 4.03. The number of pyridine rings is 1. The first-order valence-electron chi connectivity index (χ1n) is 9.31. The minimum absolute atomic E-state index is 0.0215. The highest BCUT2D eigenvalue weighted by atomic mass is 35.5. The molecule has 3 aromatic rings. The normalized spacial score (nSPS) is 11.8. The van der Waals surface area contributed by atoms with E-state index < -0.39 is 10.1 Å². The van der Waals surface area contributed by atoms with Crippen molar-refractivity contribution in [3.8, 4) is 5.75 Å². The summed E-state index contributed by atoms with van der Waals surface area (Å²) < 4.78 is 33.7. The Morgan fingerprint density at radius 3 is 2.43 bits per heavy atom. The van der Waals surface area contributed by atoms with Gasteiger partial charge in [-0.2, -0.15) is 8.42 Å². The van der Waals surface area contributed by atoms with E-state index in [0.29, 0.717) is 30.2 Å². The molecule has 1 aromatic carbocycles. The van der Waals surface area contributed by atoms with Crippen LogP contribution in [0, 0.1) is 0 Å². The summed E-state index contributed by atoms with van der Waals surface area (Å²) in [6.07, 6.45) is 2.06. The van der Waals surface area contributed by atoms with Gasteiger partial charge in [0.2, 0.25) is 0 Å². The monoisotopic (exact) mass is 468 g/mol. The second-order valence-corrected chi connectivity index (χ2v) is 9.30.